The Balaban J connectivity index is 1.93. The second-order valence-electron chi connectivity index (χ2n) is 3.16. The van der Waals surface area contributed by atoms with Gasteiger partial charge in [0, 0.05) is 0 Å². The highest BCUT2D eigenvalue weighted by atomic mass is 16.3. The molecule has 1 unspecified atom stereocenters. The number of hydrogen-bond donors (Lipinski definition) is 1. The summed E-state index contributed by atoms with van der Waals surface area (Å²) in [6.07, 6.45) is 6.90. The molecule has 1 heterocycles. The molecule has 2 rings (SSSR count). The first-order valence-corrected chi connectivity index (χ1v) is 4.01. The zero-order valence-corrected chi connectivity index (χ0v) is 6.36. The van der Waals surface area contributed by atoms with Crippen LogP contribution in [0.2, 0.25) is 0 Å². The smallest absolute Gasteiger partial charge is 0.210 e. The molecule has 3 heteroatoms. The highest BCUT2D eigenvalue weighted by Crippen LogP contribution is 2.36. The van der Waals surface area contributed by atoms with Crippen LogP contribution in [0.25, 0.3) is 0 Å². The van der Waals surface area contributed by atoms with E-state index in [0.29, 0.717) is 5.89 Å². The van der Waals surface area contributed by atoms with Gasteiger partial charge in [-0.25, -0.2) is 4.98 Å². The second kappa shape index (κ2) is 2.66. The van der Waals surface area contributed by atoms with E-state index in [2.05, 4.69) is 4.98 Å². The lowest BCUT2D eigenvalue weighted by Gasteiger charge is -2.04. The van der Waals surface area contributed by atoms with Crippen LogP contribution in [-0.4, -0.2) is 4.98 Å². The van der Waals surface area contributed by atoms with Crippen molar-refractivity contribution in [3.05, 3.63) is 18.4 Å². The zero-order chi connectivity index (χ0) is 7.68. The van der Waals surface area contributed by atoms with Crippen LogP contribution in [0, 0.1) is 5.92 Å². The summed E-state index contributed by atoms with van der Waals surface area (Å²) in [5, 5.41) is 0. The molecule has 1 aliphatic carbocycles. The molecule has 1 aromatic heterocycles. The van der Waals surface area contributed by atoms with Crippen molar-refractivity contribution < 1.29 is 4.42 Å². The third kappa shape index (κ3) is 1.60. The Morgan fingerprint density at radius 2 is 2.55 bits per heavy atom. The van der Waals surface area contributed by atoms with Gasteiger partial charge in [0.2, 0.25) is 5.89 Å². The highest BCUT2D eigenvalue weighted by Gasteiger charge is 2.25. The molecule has 0 spiro atoms. The molecule has 0 amide bonds. The molecule has 1 aromatic rings. The van der Waals surface area contributed by atoms with Crippen LogP contribution < -0.4 is 5.73 Å². The molecule has 60 valence electrons. The summed E-state index contributed by atoms with van der Waals surface area (Å²) >= 11 is 0. The van der Waals surface area contributed by atoms with E-state index in [1.165, 1.54) is 12.8 Å². The van der Waals surface area contributed by atoms with Crippen LogP contribution in [0.4, 0.5) is 0 Å². The minimum absolute atomic E-state index is 0.0116. The predicted octanol–water partition coefficient (Wildman–Crippen LogP) is 1.47. The Morgan fingerprint density at radius 3 is 3.09 bits per heavy atom. The van der Waals surface area contributed by atoms with Gasteiger partial charge in [-0.3, -0.25) is 0 Å². The van der Waals surface area contributed by atoms with Crippen molar-refractivity contribution in [3.8, 4) is 0 Å². The summed E-state index contributed by atoms with van der Waals surface area (Å²) < 4.78 is 5.09. The number of oxazole rings is 1. The fourth-order valence-electron chi connectivity index (χ4n) is 1.23. The predicted molar refractivity (Wildman–Crippen MR) is 40.8 cm³/mol. The largest absolute Gasteiger partial charge is 0.447 e. The van der Waals surface area contributed by atoms with Crippen molar-refractivity contribution in [3.63, 3.8) is 0 Å². The van der Waals surface area contributed by atoms with Crippen LogP contribution in [0.5, 0.6) is 0 Å². The fourth-order valence-corrected chi connectivity index (χ4v) is 1.23. The lowest BCUT2D eigenvalue weighted by atomic mass is 10.1. The topological polar surface area (TPSA) is 52.0 Å². The molecular formula is C8H12N2O. The number of rotatable bonds is 3. The van der Waals surface area contributed by atoms with Gasteiger partial charge in [-0.2, -0.15) is 0 Å². The summed E-state index contributed by atoms with van der Waals surface area (Å²) in [5.41, 5.74) is 5.82. The normalized spacial score (nSPS) is 20.1. The minimum atomic E-state index is 0.0116. The third-order valence-electron chi connectivity index (χ3n) is 2.05. The molecule has 1 fully saturated rings. The number of nitrogens with zero attached hydrogens (tertiary/aromatic N) is 1. The van der Waals surface area contributed by atoms with Gasteiger partial charge in [0.1, 0.15) is 6.26 Å². The van der Waals surface area contributed by atoms with Crippen LogP contribution in [0.3, 0.4) is 0 Å². The molecule has 1 atom stereocenters. The number of aromatic nitrogens is 1. The maximum Gasteiger partial charge on any atom is 0.210 e. The average molecular weight is 152 g/mol. The summed E-state index contributed by atoms with van der Waals surface area (Å²) in [5.74, 6) is 1.51. The Labute approximate surface area is 65.6 Å². The molecule has 1 saturated carbocycles. The third-order valence-corrected chi connectivity index (χ3v) is 2.05. The molecule has 3 nitrogen and oxygen atoms in total. The maximum absolute atomic E-state index is 5.82. The van der Waals surface area contributed by atoms with Crippen molar-refractivity contribution in [2.24, 2.45) is 11.7 Å². The molecule has 11 heavy (non-hydrogen) atoms. The van der Waals surface area contributed by atoms with Crippen molar-refractivity contribution in [2.45, 2.75) is 25.3 Å². The van der Waals surface area contributed by atoms with Gasteiger partial charge in [-0.05, 0) is 12.3 Å². The van der Waals surface area contributed by atoms with Gasteiger partial charge < -0.3 is 10.2 Å². The Kier molecular flexibility index (Phi) is 1.66. The first kappa shape index (κ1) is 6.85. The first-order chi connectivity index (χ1) is 5.36. The average Bonchev–Trinajstić information content (AvgIpc) is 2.67. The maximum atomic E-state index is 5.82. The van der Waals surface area contributed by atoms with Crippen molar-refractivity contribution in [1.29, 1.82) is 0 Å². The Hall–Kier alpha value is -0.830. The zero-order valence-electron chi connectivity index (χ0n) is 6.36. The summed E-state index contributed by atoms with van der Waals surface area (Å²) in [7, 11) is 0. The van der Waals surface area contributed by atoms with Gasteiger partial charge in [-0.15, -0.1) is 0 Å². The van der Waals surface area contributed by atoms with E-state index in [1.54, 1.807) is 12.5 Å². The van der Waals surface area contributed by atoms with Gasteiger partial charge in [0.25, 0.3) is 0 Å². The van der Waals surface area contributed by atoms with E-state index >= 15 is 0 Å². The van der Waals surface area contributed by atoms with Crippen LogP contribution >= 0.6 is 0 Å². The highest BCUT2D eigenvalue weighted by molar-refractivity contribution is 4.91. The molecule has 1 aliphatic rings. The van der Waals surface area contributed by atoms with Crippen LogP contribution in [-0.2, 0) is 0 Å². The summed E-state index contributed by atoms with van der Waals surface area (Å²) in [4.78, 5) is 4.01. The Morgan fingerprint density at radius 1 is 1.73 bits per heavy atom. The fraction of sp³-hybridized carbons (Fsp3) is 0.625. The lowest BCUT2D eigenvalue weighted by molar-refractivity contribution is 0.425. The van der Waals surface area contributed by atoms with E-state index in [1.807, 2.05) is 0 Å². The molecule has 2 N–H and O–H groups in total. The Bertz CT molecular complexity index is 216. The van der Waals surface area contributed by atoms with Crippen molar-refractivity contribution >= 4 is 0 Å². The molecule has 0 aromatic carbocycles. The summed E-state index contributed by atoms with van der Waals surface area (Å²) in [6, 6.07) is 0.0116. The van der Waals surface area contributed by atoms with Crippen molar-refractivity contribution in [2.75, 3.05) is 0 Å². The SMILES string of the molecule is NC(CC1CC1)c1ncco1. The van der Waals surface area contributed by atoms with E-state index in [9.17, 15) is 0 Å². The molecule has 0 bridgehead atoms. The van der Waals surface area contributed by atoms with E-state index in [4.69, 9.17) is 10.2 Å². The standard InChI is InChI=1S/C8H12N2O/c9-7(5-6-1-2-6)8-10-3-4-11-8/h3-4,6-7H,1-2,5,9H2. The summed E-state index contributed by atoms with van der Waals surface area (Å²) in [6.45, 7) is 0. The molecule has 0 saturated heterocycles. The monoisotopic (exact) mass is 152 g/mol. The van der Waals surface area contributed by atoms with Gasteiger partial charge in [-0.1, -0.05) is 12.8 Å². The number of nitrogens with two attached hydrogens (primary N) is 1. The second-order valence-corrected chi connectivity index (χ2v) is 3.16. The lowest BCUT2D eigenvalue weighted by Crippen LogP contribution is -2.10. The van der Waals surface area contributed by atoms with Crippen molar-refractivity contribution in [1.82, 2.24) is 4.98 Å². The number of hydrogen-bond acceptors (Lipinski definition) is 3. The first-order valence-electron chi connectivity index (χ1n) is 4.01. The van der Waals surface area contributed by atoms with E-state index in [-0.39, 0.29) is 6.04 Å². The van der Waals surface area contributed by atoms with Gasteiger partial charge >= 0.3 is 0 Å². The van der Waals surface area contributed by atoms with Gasteiger partial charge in [0.15, 0.2) is 0 Å². The molecule has 0 aliphatic heterocycles. The minimum Gasteiger partial charge on any atom is -0.447 e. The van der Waals surface area contributed by atoms with Gasteiger partial charge in [0.05, 0.1) is 12.2 Å². The van der Waals surface area contributed by atoms with E-state index < -0.39 is 0 Å². The van der Waals surface area contributed by atoms with Crippen LogP contribution in [0.1, 0.15) is 31.2 Å². The van der Waals surface area contributed by atoms with Crippen LogP contribution in [0.15, 0.2) is 16.9 Å². The molecule has 0 radical (unpaired) electrons. The molecular weight excluding hydrogens is 140 g/mol. The van der Waals surface area contributed by atoms with E-state index in [0.717, 1.165) is 12.3 Å². The quantitative estimate of drug-likeness (QED) is 0.713.